The van der Waals surface area contributed by atoms with Gasteiger partial charge < -0.3 is 8.98 Å². The lowest BCUT2D eigenvalue weighted by molar-refractivity contribution is -0.122. The molecule has 0 atom stereocenters. The number of carbonyl (C=O) groups excluding carboxylic acids is 2. The quantitative estimate of drug-likeness (QED) is 0.399. The Morgan fingerprint density at radius 2 is 1.64 bits per heavy atom. The van der Waals surface area contributed by atoms with Crippen molar-refractivity contribution in [2.24, 2.45) is 0 Å². The minimum atomic E-state index is -0.491. The van der Waals surface area contributed by atoms with Crippen molar-refractivity contribution in [1.82, 2.24) is 20.3 Å². The number of para-hydroxylation sites is 1. The number of hydrogen-bond acceptors (Lipinski definition) is 4. The van der Waals surface area contributed by atoms with Crippen molar-refractivity contribution in [1.29, 1.82) is 0 Å². The van der Waals surface area contributed by atoms with E-state index >= 15 is 0 Å². The van der Waals surface area contributed by atoms with Crippen molar-refractivity contribution in [3.05, 3.63) is 84.3 Å². The fourth-order valence-electron chi connectivity index (χ4n) is 3.85. The second kappa shape index (κ2) is 10.2. The number of hydrazine groups is 1. The van der Waals surface area contributed by atoms with Crippen molar-refractivity contribution < 1.29 is 14.0 Å². The molecule has 7 nitrogen and oxygen atoms in total. The Kier molecular flexibility index (Phi) is 6.90. The molecule has 0 saturated carbocycles. The van der Waals surface area contributed by atoms with E-state index in [9.17, 15) is 9.59 Å². The highest BCUT2D eigenvalue weighted by molar-refractivity contribution is 5.93. The summed E-state index contributed by atoms with van der Waals surface area (Å²) in [6.07, 6.45) is 0. The minimum absolute atomic E-state index is 0.0589. The molecule has 2 N–H and O–H groups in total. The van der Waals surface area contributed by atoms with Crippen LogP contribution in [-0.4, -0.2) is 34.4 Å². The number of nitrogens with zero attached hydrogens (tertiary/aromatic N) is 2. The number of nitrogens with one attached hydrogen (secondary N) is 2. The van der Waals surface area contributed by atoms with Crippen LogP contribution in [0.4, 0.5) is 0 Å². The first-order chi connectivity index (χ1) is 16.1. The normalized spacial score (nSPS) is 11.1. The number of fused-ring (bicyclic) bond motifs is 1. The molecule has 0 bridgehead atoms. The van der Waals surface area contributed by atoms with E-state index in [2.05, 4.69) is 35.7 Å². The van der Waals surface area contributed by atoms with E-state index in [1.54, 1.807) is 12.1 Å². The topological polar surface area (TPSA) is 79.5 Å². The summed E-state index contributed by atoms with van der Waals surface area (Å²) in [5.41, 5.74) is 7.86. The summed E-state index contributed by atoms with van der Waals surface area (Å²) < 4.78 is 7.59. The van der Waals surface area contributed by atoms with E-state index in [1.807, 2.05) is 59.2 Å². The number of carbonyl (C=O) groups is 2. The van der Waals surface area contributed by atoms with Gasteiger partial charge >= 0.3 is 5.91 Å². The van der Waals surface area contributed by atoms with Crippen molar-refractivity contribution in [3.63, 3.8) is 0 Å². The highest BCUT2D eigenvalue weighted by Gasteiger charge is 2.16. The van der Waals surface area contributed by atoms with Crippen LogP contribution in [0.2, 0.25) is 0 Å². The van der Waals surface area contributed by atoms with Gasteiger partial charge in [0.15, 0.2) is 5.76 Å². The van der Waals surface area contributed by atoms with Gasteiger partial charge in [0, 0.05) is 16.6 Å². The van der Waals surface area contributed by atoms with Crippen molar-refractivity contribution in [2.75, 3.05) is 13.1 Å². The first kappa shape index (κ1) is 22.4. The van der Waals surface area contributed by atoms with E-state index in [1.165, 1.54) is 0 Å². The molecule has 2 aromatic heterocycles. The molecule has 4 aromatic rings. The lowest BCUT2D eigenvalue weighted by Gasteiger charge is -2.15. The SMILES string of the molecule is CCN(CC)Cc1ccc(C(=O)NNC(=O)Cn2c(-c3ccccc3)cc3ccccc32)o1. The summed E-state index contributed by atoms with van der Waals surface area (Å²) in [5.74, 6) is 0.0435. The molecule has 0 unspecified atom stereocenters. The molecule has 33 heavy (non-hydrogen) atoms. The average molecular weight is 445 g/mol. The Hall–Kier alpha value is -3.84. The van der Waals surface area contributed by atoms with Crippen LogP contribution in [-0.2, 0) is 17.9 Å². The van der Waals surface area contributed by atoms with Gasteiger partial charge in [0.2, 0.25) is 0 Å². The van der Waals surface area contributed by atoms with Gasteiger partial charge in [-0.2, -0.15) is 0 Å². The van der Waals surface area contributed by atoms with Gasteiger partial charge in [-0.05, 0) is 42.9 Å². The van der Waals surface area contributed by atoms with Gasteiger partial charge in [-0.15, -0.1) is 0 Å². The number of amides is 2. The molecule has 0 aliphatic carbocycles. The molecule has 2 aromatic carbocycles. The average Bonchev–Trinajstić information content (AvgIpc) is 3.47. The van der Waals surface area contributed by atoms with Crippen LogP contribution in [0.3, 0.4) is 0 Å². The van der Waals surface area contributed by atoms with Gasteiger partial charge in [0.05, 0.1) is 6.54 Å². The zero-order valence-electron chi connectivity index (χ0n) is 18.9. The van der Waals surface area contributed by atoms with Crippen molar-refractivity contribution in [2.45, 2.75) is 26.9 Å². The molecule has 7 heteroatoms. The summed E-state index contributed by atoms with van der Waals surface area (Å²) in [4.78, 5) is 27.4. The maximum Gasteiger partial charge on any atom is 0.305 e. The maximum absolute atomic E-state index is 12.7. The Morgan fingerprint density at radius 3 is 2.39 bits per heavy atom. The Morgan fingerprint density at radius 1 is 0.909 bits per heavy atom. The zero-order valence-corrected chi connectivity index (χ0v) is 18.9. The van der Waals surface area contributed by atoms with E-state index in [0.29, 0.717) is 12.3 Å². The molecule has 0 fully saturated rings. The number of hydrogen-bond donors (Lipinski definition) is 2. The van der Waals surface area contributed by atoms with Gasteiger partial charge in [0.25, 0.3) is 5.91 Å². The fraction of sp³-hybridized carbons (Fsp3) is 0.231. The van der Waals surface area contributed by atoms with Crippen LogP contribution >= 0.6 is 0 Å². The molecule has 2 amide bonds. The summed E-state index contributed by atoms with van der Waals surface area (Å²) in [5, 5.41) is 1.05. The lowest BCUT2D eigenvalue weighted by Crippen LogP contribution is -2.43. The third-order valence-corrected chi connectivity index (χ3v) is 5.66. The summed E-state index contributed by atoms with van der Waals surface area (Å²) in [6, 6.07) is 23.3. The fourth-order valence-corrected chi connectivity index (χ4v) is 3.85. The first-order valence-electron chi connectivity index (χ1n) is 11.1. The number of benzene rings is 2. The Bertz CT molecular complexity index is 1240. The Labute approximate surface area is 193 Å². The summed E-state index contributed by atoms with van der Waals surface area (Å²) in [6.45, 7) is 6.64. The van der Waals surface area contributed by atoms with Gasteiger partial charge in [-0.3, -0.25) is 25.3 Å². The predicted molar refractivity (Wildman–Crippen MR) is 128 cm³/mol. The van der Waals surface area contributed by atoms with Crippen LogP contribution < -0.4 is 10.9 Å². The highest BCUT2D eigenvalue weighted by Crippen LogP contribution is 2.28. The maximum atomic E-state index is 12.7. The molecule has 4 rings (SSSR count). The summed E-state index contributed by atoms with van der Waals surface area (Å²) >= 11 is 0. The van der Waals surface area contributed by atoms with Crippen LogP contribution in [0.5, 0.6) is 0 Å². The van der Waals surface area contributed by atoms with E-state index in [0.717, 1.165) is 35.2 Å². The van der Waals surface area contributed by atoms with Crippen LogP contribution in [0.15, 0.2) is 77.2 Å². The molecule has 0 spiro atoms. The van der Waals surface area contributed by atoms with E-state index in [4.69, 9.17) is 4.42 Å². The minimum Gasteiger partial charge on any atom is -0.454 e. The lowest BCUT2D eigenvalue weighted by atomic mass is 10.1. The second-order valence-corrected chi connectivity index (χ2v) is 7.77. The number of aromatic nitrogens is 1. The molecule has 0 aliphatic rings. The molecule has 0 aliphatic heterocycles. The van der Waals surface area contributed by atoms with Crippen LogP contribution in [0, 0.1) is 0 Å². The standard InChI is InChI=1S/C26H28N4O3/c1-3-29(4-2)17-21-14-15-24(33-21)26(32)28-27-25(31)18-30-22-13-9-8-12-20(22)16-23(30)19-10-6-5-7-11-19/h5-16H,3-4,17-18H2,1-2H3,(H,27,31)(H,28,32). The first-order valence-corrected chi connectivity index (χ1v) is 11.1. The van der Waals surface area contributed by atoms with Gasteiger partial charge in [-0.25, -0.2) is 0 Å². The van der Waals surface area contributed by atoms with E-state index < -0.39 is 5.91 Å². The monoisotopic (exact) mass is 444 g/mol. The molecule has 0 saturated heterocycles. The smallest absolute Gasteiger partial charge is 0.305 e. The van der Waals surface area contributed by atoms with Gasteiger partial charge in [-0.1, -0.05) is 62.4 Å². The highest BCUT2D eigenvalue weighted by atomic mass is 16.4. The van der Waals surface area contributed by atoms with E-state index in [-0.39, 0.29) is 18.2 Å². The largest absolute Gasteiger partial charge is 0.454 e. The molecular formula is C26H28N4O3. The third-order valence-electron chi connectivity index (χ3n) is 5.66. The summed E-state index contributed by atoms with van der Waals surface area (Å²) in [7, 11) is 0. The Balaban J connectivity index is 1.43. The predicted octanol–water partition coefficient (Wildman–Crippen LogP) is 4.20. The van der Waals surface area contributed by atoms with Crippen molar-refractivity contribution >= 4 is 22.7 Å². The number of rotatable bonds is 8. The zero-order chi connectivity index (χ0) is 23.2. The second-order valence-electron chi connectivity index (χ2n) is 7.77. The number of furan rings is 1. The molecular weight excluding hydrogens is 416 g/mol. The van der Waals surface area contributed by atoms with Crippen LogP contribution in [0.1, 0.15) is 30.2 Å². The van der Waals surface area contributed by atoms with Crippen LogP contribution in [0.25, 0.3) is 22.2 Å². The third kappa shape index (κ3) is 5.15. The van der Waals surface area contributed by atoms with Gasteiger partial charge in [0.1, 0.15) is 12.3 Å². The molecule has 170 valence electrons. The molecule has 2 heterocycles. The molecule has 0 radical (unpaired) electrons. The van der Waals surface area contributed by atoms with Crippen molar-refractivity contribution in [3.8, 4) is 11.3 Å².